The molecule has 0 aromatic heterocycles. The van der Waals surface area contributed by atoms with Gasteiger partial charge in [-0.2, -0.15) is 0 Å². The fourth-order valence-corrected chi connectivity index (χ4v) is 3.85. The van der Waals surface area contributed by atoms with Crippen LogP contribution in [0.1, 0.15) is 84.0 Å². The number of ether oxygens (including phenoxy) is 4. The van der Waals surface area contributed by atoms with E-state index in [1.54, 1.807) is 7.11 Å². The molecule has 6 unspecified atom stereocenters. The first-order chi connectivity index (χ1) is 15.5. The maximum Gasteiger partial charge on any atom is 0.186 e. The van der Waals surface area contributed by atoms with Gasteiger partial charge < -0.3 is 39.4 Å². The average molecular weight is 465 g/mol. The lowest BCUT2D eigenvalue weighted by Crippen LogP contribution is -2.59. The first-order valence-corrected chi connectivity index (χ1v) is 12.6. The maximum atomic E-state index is 10.0. The van der Waals surface area contributed by atoms with Crippen molar-refractivity contribution in [1.29, 1.82) is 0 Å². The van der Waals surface area contributed by atoms with Crippen molar-refractivity contribution in [3.8, 4) is 0 Å². The van der Waals surface area contributed by atoms with Crippen molar-refractivity contribution in [1.82, 2.24) is 0 Å². The van der Waals surface area contributed by atoms with Gasteiger partial charge >= 0.3 is 0 Å². The zero-order valence-electron chi connectivity index (χ0n) is 20.2. The van der Waals surface area contributed by atoms with E-state index >= 15 is 0 Å². The summed E-state index contributed by atoms with van der Waals surface area (Å²) < 4.78 is 21.9. The first-order valence-electron chi connectivity index (χ1n) is 12.6. The van der Waals surface area contributed by atoms with Gasteiger partial charge in [0.15, 0.2) is 6.29 Å². The van der Waals surface area contributed by atoms with Gasteiger partial charge in [-0.1, -0.05) is 77.6 Å². The molecule has 0 spiro atoms. The van der Waals surface area contributed by atoms with E-state index in [1.165, 1.54) is 64.2 Å². The molecule has 8 nitrogen and oxygen atoms in total. The second-order valence-electron chi connectivity index (χ2n) is 8.85. The molecule has 0 aromatic carbocycles. The number of methoxy groups -OCH3 is 1. The van der Waals surface area contributed by atoms with Crippen molar-refractivity contribution < 1.29 is 39.4 Å². The molecule has 1 rings (SSSR count). The van der Waals surface area contributed by atoms with Crippen LogP contribution in [-0.4, -0.2) is 90.8 Å². The van der Waals surface area contributed by atoms with E-state index in [4.69, 9.17) is 18.9 Å². The van der Waals surface area contributed by atoms with Gasteiger partial charge in [-0.3, -0.25) is 0 Å². The van der Waals surface area contributed by atoms with E-state index in [1.807, 2.05) is 0 Å². The fraction of sp³-hybridized carbons (Fsp3) is 1.00. The molecular weight excluding hydrogens is 416 g/mol. The van der Waals surface area contributed by atoms with Crippen LogP contribution in [0.25, 0.3) is 0 Å². The molecule has 0 saturated carbocycles. The van der Waals surface area contributed by atoms with Crippen LogP contribution >= 0.6 is 0 Å². The highest BCUT2D eigenvalue weighted by molar-refractivity contribution is 4.88. The van der Waals surface area contributed by atoms with E-state index in [2.05, 4.69) is 6.92 Å². The molecule has 0 amide bonds. The molecular formula is C24H48O8. The summed E-state index contributed by atoms with van der Waals surface area (Å²) in [6.07, 6.45) is 8.87. The van der Waals surface area contributed by atoms with Gasteiger partial charge in [0.2, 0.25) is 0 Å². The van der Waals surface area contributed by atoms with Crippen molar-refractivity contribution in [3.05, 3.63) is 0 Å². The summed E-state index contributed by atoms with van der Waals surface area (Å²) in [6, 6.07) is 0. The van der Waals surface area contributed by atoms with Crippen LogP contribution in [0.3, 0.4) is 0 Å². The molecule has 1 aliphatic heterocycles. The number of unbranched alkanes of at least 4 members (excludes halogenated alkanes) is 11. The Balaban J connectivity index is 2.02. The highest BCUT2D eigenvalue weighted by Gasteiger charge is 2.44. The van der Waals surface area contributed by atoms with Crippen LogP contribution < -0.4 is 0 Å². The Morgan fingerprint density at radius 1 is 0.750 bits per heavy atom. The van der Waals surface area contributed by atoms with E-state index in [0.29, 0.717) is 13.2 Å². The lowest BCUT2D eigenvalue weighted by molar-refractivity contribution is -0.305. The number of aliphatic hydroxyl groups is 4. The highest BCUT2D eigenvalue weighted by Crippen LogP contribution is 2.22. The van der Waals surface area contributed by atoms with Crippen LogP contribution in [-0.2, 0) is 18.9 Å². The molecule has 192 valence electrons. The zero-order chi connectivity index (χ0) is 23.6. The van der Waals surface area contributed by atoms with E-state index in [9.17, 15) is 20.4 Å². The summed E-state index contributed by atoms with van der Waals surface area (Å²) in [7, 11) is 1.55. The molecule has 1 fully saturated rings. The van der Waals surface area contributed by atoms with E-state index in [-0.39, 0.29) is 12.7 Å². The summed E-state index contributed by atoms with van der Waals surface area (Å²) in [5.74, 6) is 0. The normalized spacial score (nSPS) is 27.0. The molecule has 8 heteroatoms. The minimum atomic E-state index is -1.45. The van der Waals surface area contributed by atoms with Crippen molar-refractivity contribution in [2.24, 2.45) is 0 Å². The Labute approximate surface area is 194 Å². The second kappa shape index (κ2) is 19.0. The maximum absolute atomic E-state index is 10.0. The molecule has 0 radical (unpaired) electrons. The van der Waals surface area contributed by atoms with Gasteiger partial charge in [0.1, 0.15) is 30.5 Å². The number of rotatable bonds is 20. The molecule has 32 heavy (non-hydrogen) atoms. The predicted molar refractivity (Wildman–Crippen MR) is 122 cm³/mol. The number of aliphatic hydroxyl groups excluding tert-OH is 4. The van der Waals surface area contributed by atoms with E-state index < -0.39 is 37.3 Å². The molecule has 4 N–H and O–H groups in total. The summed E-state index contributed by atoms with van der Waals surface area (Å²) in [5, 5.41) is 38.8. The van der Waals surface area contributed by atoms with Crippen molar-refractivity contribution in [2.75, 3.05) is 33.5 Å². The van der Waals surface area contributed by atoms with Crippen LogP contribution in [0.5, 0.6) is 0 Å². The molecule has 1 heterocycles. The highest BCUT2D eigenvalue weighted by atomic mass is 16.7. The zero-order valence-corrected chi connectivity index (χ0v) is 20.2. The topological polar surface area (TPSA) is 118 Å². The van der Waals surface area contributed by atoms with Gasteiger partial charge in [-0.15, -0.1) is 0 Å². The van der Waals surface area contributed by atoms with Crippen molar-refractivity contribution in [3.63, 3.8) is 0 Å². The standard InChI is InChI=1S/C24H48O8/c1-3-4-5-6-7-8-9-10-11-12-13-14-15-30-17-19(29-2)18-31-24-23(28)22(27)21(26)20(16-25)32-24/h19-28H,3-18H2,1-2H3. The lowest BCUT2D eigenvalue weighted by atomic mass is 9.99. The molecule has 1 saturated heterocycles. The summed E-state index contributed by atoms with van der Waals surface area (Å²) >= 11 is 0. The monoisotopic (exact) mass is 464 g/mol. The predicted octanol–water partition coefficient (Wildman–Crippen LogP) is 2.54. The smallest absolute Gasteiger partial charge is 0.186 e. The Hall–Kier alpha value is -0.320. The molecule has 0 aromatic rings. The van der Waals surface area contributed by atoms with Crippen LogP contribution in [0.2, 0.25) is 0 Å². The SMILES string of the molecule is CCCCCCCCCCCCCCOCC(COC1OC(CO)C(O)C(O)C1O)OC. The third kappa shape index (κ3) is 12.2. The van der Waals surface area contributed by atoms with Gasteiger partial charge in [0, 0.05) is 13.7 Å². The average Bonchev–Trinajstić information content (AvgIpc) is 2.80. The third-order valence-corrected chi connectivity index (χ3v) is 6.07. The Morgan fingerprint density at radius 2 is 1.31 bits per heavy atom. The largest absolute Gasteiger partial charge is 0.394 e. The second-order valence-corrected chi connectivity index (χ2v) is 8.85. The van der Waals surface area contributed by atoms with Crippen molar-refractivity contribution >= 4 is 0 Å². The number of hydrogen-bond acceptors (Lipinski definition) is 8. The van der Waals surface area contributed by atoms with Gasteiger partial charge in [0.25, 0.3) is 0 Å². The number of hydrogen-bond donors (Lipinski definition) is 4. The summed E-state index contributed by atoms with van der Waals surface area (Å²) in [4.78, 5) is 0. The van der Waals surface area contributed by atoms with Gasteiger partial charge in [0.05, 0.1) is 19.8 Å². The van der Waals surface area contributed by atoms with Crippen molar-refractivity contribution in [2.45, 2.75) is 121 Å². The van der Waals surface area contributed by atoms with Crippen LogP contribution in [0, 0.1) is 0 Å². The third-order valence-electron chi connectivity index (χ3n) is 6.07. The fourth-order valence-electron chi connectivity index (χ4n) is 3.85. The summed E-state index contributed by atoms with van der Waals surface area (Å²) in [6.45, 7) is 2.88. The van der Waals surface area contributed by atoms with Crippen LogP contribution in [0.15, 0.2) is 0 Å². The minimum absolute atomic E-state index is 0.0949. The van der Waals surface area contributed by atoms with Gasteiger partial charge in [-0.05, 0) is 6.42 Å². The minimum Gasteiger partial charge on any atom is -0.394 e. The lowest BCUT2D eigenvalue weighted by Gasteiger charge is -2.39. The molecule has 1 aliphatic rings. The Morgan fingerprint density at radius 3 is 1.84 bits per heavy atom. The Bertz CT molecular complexity index is 423. The van der Waals surface area contributed by atoms with E-state index in [0.717, 1.165) is 12.8 Å². The Kier molecular flexibility index (Phi) is 17.7. The van der Waals surface area contributed by atoms with Crippen LogP contribution in [0.4, 0.5) is 0 Å². The summed E-state index contributed by atoms with van der Waals surface area (Å²) in [5.41, 5.74) is 0. The first kappa shape index (κ1) is 29.7. The van der Waals surface area contributed by atoms with Gasteiger partial charge in [-0.25, -0.2) is 0 Å². The molecule has 6 atom stereocenters. The molecule has 0 bridgehead atoms. The molecule has 0 aliphatic carbocycles. The quantitative estimate of drug-likeness (QED) is 0.203.